The number of hydrogen-bond acceptors (Lipinski definition) is 7. The Kier molecular flexibility index (Phi) is 5.58. The fraction of sp³-hybridized carbons (Fsp3) is 0.294. The Morgan fingerprint density at radius 2 is 2.00 bits per heavy atom. The molecule has 1 aromatic carbocycles. The van der Waals surface area contributed by atoms with Crippen LogP contribution in [0.5, 0.6) is 5.75 Å². The molecule has 3 rings (SSSR count). The van der Waals surface area contributed by atoms with Crippen LogP contribution in [-0.2, 0) is 4.74 Å². The Labute approximate surface area is 144 Å². The van der Waals surface area contributed by atoms with Crippen LogP contribution < -0.4 is 15.8 Å². The minimum atomic E-state index is 0.532. The summed E-state index contributed by atoms with van der Waals surface area (Å²) in [6.45, 7) is 2.36. The van der Waals surface area contributed by atoms with Gasteiger partial charge in [-0.25, -0.2) is 9.97 Å². The van der Waals surface area contributed by atoms with Gasteiger partial charge in [0.15, 0.2) is 0 Å². The fourth-order valence-corrected chi connectivity index (χ4v) is 3.34. The molecule has 3 aromatic rings. The van der Waals surface area contributed by atoms with Crippen molar-refractivity contribution in [2.45, 2.75) is 0 Å². The molecule has 3 N–H and O–H groups in total. The topological polar surface area (TPSA) is 82.3 Å². The highest BCUT2D eigenvalue weighted by Crippen LogP contribution is 2.36. The van der Waals surface area contributed by atoms with Crippen molar-refractivity contribution in [1.29, 1.82) is 0 Å². The van der Waals surface area contributed by atoms with Gasteiger partial charge in [-0.2, -0.15) is 0 Å². The van der Waals surface area contributed by atoms with E-state index in [9.17, 15) is 0 Å². The number of ether oxygens (including phenoxy) is 2. The molecule has 0 atom stereocenters. The molecule has 0 saturated heterocycles. The van der Waals surface area contributed by atoms with Crippen LogP contribution in [0.1, 0.15) is 0 Å². The zero-order valence-electron chi connectivity index (χ0n) is 13.5. The first kappa shape index (κ1) is 16.6. The minimum absolute atomic E-state index is 0.532. The third-order valence-electron chi connectivity index (χ3n) is 3.57. The van der Waals surface area contributed by atoms with E-state index in [0.717, 1.165) is 32.9 Å². The number of nitrogens with two attached hydrogens (primary N) is 1. The summed E-state index contributed by atoms with van der Waals surface area (Å²) in [7, 11) is 1.66. The van der Waals surface area contributed by atoms with E-state index < -0.39 is 0 Å². The maximum atomic E-state index is 5.41. The Bertz CT molecular complexity index is 789. The molecule has 0 spiro atoms. The molecule has 0 saturated carbocycles. The third kappa shape index (κ3) is 3.64. The number of rotatable bonds is 8. The molecule has 2 heterocycles. The fourth-order valence-electron chi connectivity index (χ4n) is 2.42. The van der Waals surface area contributed by atoms with Crippen LogP contribution in [0.3, 0.4) is 0 Å². The molecule has 24 heavy (non-hydrogen) atoms. The molecule has 7 heteroatoms. The lowest BCUT2D eigenvalue weighted by atomic mass is 10.1. The number of aromatic nitrogens is 2. The molecular weight excluding hydrogens is 324 g/mol. The van der Waals surface area contributed by atoms with E-state index in [2.05, 4.69) is 20.7 Å². The van der Waals surface area contributed by atoms with Gasteiger partial charge in [-0.3, -0.25) is 0 Å². The van der Waals surface area contributed by atoms with Gasteiger partial charge in [-0.05, 0) is 17.7 Å². The van der Waals surface area contributed by atoms with Crippen molar-refractivity contribution in [3.63, 3.8) is 0 Å². The van der Waals surface area contributed by atoms with Gasteiger partial charge in [0, 0.05) is 24.0 Å². The summed E-state index contributed by atoms with van der Waals surface area (Å²) in [6, 6.07) is 8.00. The number of nitrogens with one attached hydrogen (secondary N) is 1. The van der Waals surface area contributed by atoms with Crippen molar-refractivity contribution in [2.24, 2.45) is 5.73 Å². The van der Waals surface area contributed by atoms with Gasteiger partial charge in [0.2, 0.25) is 0 Å². The molecule has 0 bridgehead atoms. The van der Waals surface area contributed by atoms with Gasteiger partial charge < -0.3 is 20.5 Å². The number of nitrogens with zero attached hydrogens (tertiary/aromatic N) is 2. The molecule has 0 aliphatic rings. The smallest absolute Gasteiger partial charge is 0.138 e. The number of fused-ring (bicyclic) bond motifs is 1. The van der Waals surface area contributed by atoms with Crippen LogP contribution in [-0.4, -0.2) is 43.4 Å². The average Bonchev–Trinajstić information content (AvgIpc) is 3.06. The van der Waals surface area contributed by atoms with Crippen molar-refractivity contribution >= 4 is 27.4 Å². The van der Waals surface area contributed by atoms with Gasteiger partial charge in [-0.15, -0.1) is 11.3 Å². The highest BCUT2D eigenvalue weighted by atomic mass is 32.1. The number of hydrogen-bond donors (Lipinski definition) is 2. The zero-order valence-corrected chi connectivity index (χ0v) is 14.3. The largest absolute Gasteiger partial charge is 0.497 e. The highest BCUT2D eigenvalue weighted by molar-refractivity contribution is 7.17. The van der Waals surface area contributed by atoms with Crippen LogP contribution in [0.25, 0.3) is 21.3 Å². The Morgan fingerprint density at radius 1 is 1.17 bits per heavy atom. The summed E-state index contributed by atoms with van der Waals surface area (Å²) in [6.07, 6.45) is 1.58. The van der Waals surface area contributed by atoms with E-state index >= 15 is 0 Å². The molecule has 126 valence electrons. The Hall–Kier alpha value is -2.22. The van der Waals surface area contributed by atoms with E-state index in [0.29, 0.717) is 26.3 Å². The first-order valence-corrected chi connectivity index (χ1v) is 8.59. The quantitative estimate of drug-likeness (QED) is 0.612. The second-order valence-corrected chi connectivity index (χ2v) is 5.97. The van der Waals surface area contributed by atoms with Crippen molar-refractivity contribution in [1.82, 2.24) is 9.97 Å². The Balaban J connectivity index is 1.86. The van der Waals surface area contributed by atoms with Gasteiger partial charge in [-0.1, -0.05) is 12.1 Å². The lowest BCUT2D eigenvalue weighted by molar-refractivity contribution is 0.151. The molecule has 0 amide bonds. The zero-order chi connectivity index (χ0) is 16.8. The number of thiophene rings is 1. The van der Waals surface area contributed by atoms with E-state index in [1.165, 1.54) is 0 Å². The summed E-state index contributed by atoms with van der Waals surface area (Å²) in [5.41, 5.74) is 7.64. The van der Waals surface area contributed by atoms with Crippen LogP contribution >= 0.6 is 11.3 Å². The van der Waals surface area contributed by atoms with E-state index in [1.807, 2.05) is 24.3 Å². The number of methoxy groups -OCH3 is 1. The van der Waals surface area contributed by atoms with Crippen molar-refractivity contribution < 1.29 is 9.47 Å². The van der Waals surface area contributed by atoms with Gasteiger partial charge >= 0.3 is 0 Å². The van der Waals surface area contributed by atoms with Crippen LogP contribution in [0.2, 0.25) is 0 Å². The summed E-state index contributed by atoms with van der Waals surface area (Å²) in [5.74, 6) is 1.66. The van der Waals surface area contributed by atoms with Crippen LogP contribution in [0.15, 0.2) is 36.0 Å². The summed E-state index contributed by atoms with van der Waals surface area (Å²) in [5, 5.41) is 6.47. The predicted octanol–water partition coefficient (Wildman–Crippen LogP) is 2.75. The van der Waals surface area contributed by atoms with Gasteiger partial charge in [0.05, 0.1) is 25.7 Å². The summed E-state index contributed by atoms with van der Waals surface area (Å²) < 4.78 is 10.6. The Morgan fingerprint density at radius 3 is 2.75 bits per heavy atom. The maximum absolute atomic E-state index is 5.41. The van der Waals surface area contributed by atoms with Gasteiger partial charge in [0.1, 0.15) is 22.7 Å². The number of anilines is 1. The molecule has 0 aliphatic carbocycles. The second-order valence-electron chi connectivity index (χ2n) is 5.11. The first-order chi connectivity index (χ1) is 11.8. The van der Waals surface area contributed by atoms with E-state index in [-0.39, 0.29) is 0 Å². The van der Waals surface area contributed by atoms with Crippen molar-refractivity contribution in [3.8, 4) is 16.9 Å². The van der Waals surface area contributed by atoms with E-state index in [4.69, 9.17) is 15.2 Å². The van der Waals surface area contributed by atoms with Crippen LogP contribution in [0.4, 0.5) is 5.82 Å². The maximum Gasteiger partial charge on any atom is 0.138 e. The monoisotopic (exact) mass is 344 g/mol. The standard InChI is InChI=1S/C17H20N4O2S/c1-22-13-4-2-12(3-5-13)14-10-24-17-15(14)16(20-11-21-17)19-7-9-23-8-6-18/h2-5,10-11H,6-9,18H2,1H3,(H,19,20,21). The highest BCUT2D eigenvalue weighted by Gasteiger charge is 2.13. The average molecular weight is 344 g/mol. The normalized spacial score (nSPS) is 10.9. The minimum Gasteiger partial charge on any atom is -0.497 e. The lowest BCUT2D eigenvalue weighted by Crippen LogP contribution is -2.15. The molecule has 0 aliphatic heterocycles. The molecule has 6 nitrogen and oxygen atoms in total. The van der Waals surface area contributed by atoms with Crippen molar-refractivity contribution in [2.75, 3.05) is 38.7 Å². The van der Waals surface area contributed by atoms with E-state index in [1.54, 1.807) is 24.8 Å². The molecule has 0 radical (unpaired) electrons. The molecule has 0 fully saturated rings. The first-order valence-electron chi connectivity index (χ1n) is 7.72. The third-order valence-corrected chi connectivity index (χ3v) is 4.46. The predicted molar refractivity (Wildman–Crippen MR) is 97.8 cm³/mol. The molecular formula is C17H20N4O2S. The summed E-state index contributed by atoms with van der Waals surface area (Å²) in [4.78, 5) is 9.73. The summed E-state index contributed by atoms with van der Waals surface area (Å²) >= 11 is 1.61. The van der Waals surface area contributed by atoms with Gasteiger partial charge in [0.25, 0.3) is 0 Å². The second kappa shape index (κ2) is 8.05. The molecule has 2 aromatic heterocycles. The van der Waals surface area contributed by atoms with Crippen molar-refractivity contribution in [3.05, 3.63) is 36.0 Å². The molecule has 0 unspecified atom stereocenters. The lowest BCUT2D eigenvalue weighted by Gasteiger charge is -2.09. The van der Waals surface area contributed by atoms with Crippen LogP contribution in [0, 0.1) is 0 Å². The SMILES string of the molecule is COc1ccc(-c2csc3ncnc(NCCOCCN)c23)cc1. The number of benzene rings is 1.